The van der Waals surface area contributed by atoms with Crippen LogP contribution in [0.4, 0.5) is 0 Å². The molecule has 0 aliphatic rings. The van der Waals surface area contributed by atoms with E-state index in [1.54, 1.807) is 0 Å². The van der Waals surface area contributed by atoms with Crippen molar-refractivity contribution in [1.82, 2.24) is 0 Å². The molecule has 1 N–H and O–H groups in total. The monoisotopic (exact) mass is 304 g/mol. The summed E-state index contributed by atoms with van der Waals surface area (Å²) in [6.07, 6.45) is 16.7. The second-order valence-electron chi connectivity index (χ2n) is 6.58. The predicted molar refractivity (Wildman–Crippen MR) is 97.4 cm³/mol. The number of aliphatic hydroxyl groups excluding tert-OH is 1. The summed E-state index contributed by atoms with van der Waals surface area (Å²) >= 11 is 0. The van der Waals surface area contributed by atoms with Crippen molar-refractivity contribution in [3.05, 3.63) is 35.4 Å². The summed E-state index contributed by atoms with van der Waals surface area (Å²) in [4.78, 5) is 0. The zero-order valence-corrected chi connectivity index (χ0v) is 14.7. The summed E-state index contributed by atoms with van der Waals surface area (Å²) in [5.74, 6) is 0. The van der Waals surface area contributed by atoms with Gasteiger partial charge in [-0.2, -0.15) is 0 Å². The molecule has 0 atom stereocenters. The smallest absolute Gasteiger partial charge is 0.0431 e. The Labute approximate surface area is 138 Å². The molecule has 0 saturated carbocycles. The Morgan fingerprint density at radius 2 is 1.00 bits per heavy atom. The number of hydrogen-bond donors (Lipinski definition) is 1. The lowest BCUT2D eigenvalue weighted by molar-refractivity contribution is 0.282. The third-order valence-corrected chi connectivity index (χ3v) is 4.47. The van der Waals surface area contributed by atoms with Crippen molar-refractivity contribution in [1.29, 1.82) is 0 Å². The van der Waals surface area contributed by atoms with E-state index in [4.69, 9.17) is 5.11 Å². The van der Waals surface area contributed by atoms with Crippen LogP contribution in [0.15, 0.2) is 24.3 Å². The van der Waals surface area contributed by atoms with Crippen LogP contribution < -0.4 is 0 Å². The summed E-state index contributed by atoms with van der Waals surface area (Å²) in [6.45, 7) is 2.62. The standard InChI is InChI=1S/C21H36O/c1-2-3-4-5-7-10-13-20-15-17-21(18-16-20)14-11-8-6-9-12-19-22/h15-18,22H,2-14,19H2,1H3. The van der Waals surface area contributed by atoms with E-state index < -0.39 is 0 Å². The van der Waals surface area contributed by atoms with Crippen molar-refractivity contribution in [2.75, 3.05) is 6.61 Å². The summed E-state index contributed by atoms with van der Waals surface area (Å²) in [6, 6.07) is 9.29. The molecule has 0 heterocycles. The van der Waals surface area contributed by atoms with Crippen molar-refractivity contribution in [2.45, 2.75) is 90.4 Å². The van der Waals surface area contributed by atoms with Crippen LogP contribution in [-0.4, -0.2) is 11.7 Å². The number of aryl methyl sites for hydroxylation is 2. The molecule has 0 bridgehead atoms. The third-order valence-electron chi connectivity index (χ3n) is 4.47. The number of unbranched alkanes of at least 4 members (excludes halogenated alkanes) is 9. The second kappa shape index (κ2) is 13.8. The average molecular weight is 305 g/mol. The molecular weight excluding hydrogens is 268 g/mol. The minimum atomic E-state index is 0.347. The first-order chi connectivity index (χ1) is 10.9. The zero-order valence-electron chi connectivity index (χ0n) is 14.7. The van der Waals surface area contributed by atoms with E-state index in [1.165, 1.54) is 88.2 Å². The molecule has 126 valence electrons. The lowest BCUT2D eigenvalue weighted by Gasteiger charge is -2.05. The highest BCUT2D eigenvalue weighted by molar-refractivity contribution is 5.22. The van der Waals surface area contributed by atoms with Crippen LogP contribution in [0.5, 0.6) is 0 Å². The van der Waals surface area contributed by atoms with E-state index in [1.807, 2.05) is 0 Å². The highest BCUT2D eigenvalue weighted by atomic mass is 16.2. The number of hydrogen-bond acceptors (Lipinski definition) is 1. The van der Waals surface area contributed by atoms with Gasteiger partial charge in [-0.3, -0.25) is 0 Å². The molecule has 1 heteroatoms. The van der Waals surface area contributed by atoms with Gasteiger partial charge < -0.3 is 5.11 Å². The van der Waals surface area contributed by atoms with Crippen LogP contribution in [0, 0.1) is 0 Å². The van der Waals surface area contributed by atoms with Crippen molar-refractivity contribution in [3.63, 3.8) is 0 Å². The maximum Gasteiger partial charge on any atom is 0.0431 e. The predicted octanol–water partition coefficient (Wildman–Crippen LogP) is 6.07. The Bertz CT molecular complexity index is 306. The number of benzene rings is 1. The Morgan fingerprint density at radius 1 is 0.591 bits per heavy atom. The van der Waals surface area contributed by atoms with Crippen molar-refractivity contribution in [3.8, 4) is 0 Å². The van der Waals surface area contributed by atoms with Gasteiger partial charge in [0.2, 0.25) is 0 Å². The SMILES string of the molecule is CCCCCCCCc1ccc(CCCCCCCO)cc1. The molecule has 0 radical (unpaired) electrons. The molecule has 0 aromatic heterocycles. The Hall–Kier alpha value is -0.820. The highest BCUT2D eigenvalue weighted by Gasteiger charge is 1.97. The van der Waals surface area contributed by atoms with Crippen LogP contribution in [0.3, 0.4) is 0 Å². The van der Waals surface area contributed by atoms with Gasteiger partial charge in [-0.25, -0.2) is 0 Å². The van der Waals surface area contributed by atoms with Gasteiger partial charge in [-0.05, 0) is 43.2 Å². The maximum atomic E-state index is 8.74. The summed E-state index contributed by atoms with van der Waals surface area (Å²) in [5, 5.41) is 8.74. The Morgan fingerprint density at radius 3 is 1.45 bits per heavy atom. The molecule has 0 aliphatic carbocycles. The van der Waals surface area contributed by atoms with Gasteiger partial charge in [0, 0.05) is 6.61 Å². The molecule has 1 rings (SSSR count). The van der Waals surface area contributed by atoms with Gasteiger partial charge in [0.1, 0.15) is 0 Å². The fraction of sp³-hybridized carbons (Fsp3) is 0.714. The Balaban J connectivity index is 2.07. The first kappa shape index (κ1) is 19.2. The average Bonchev–Trinajstić information content (AvgIpc) is 2.55. The lowest BCUT2D eigenvalue weighted by Crippen LogP contribution is -1.90. The molecule has 0 amide bonds. The van der Waals surface area contributed by atoms with Crippen LogP contribution >= 0.6 is 0 Å². The minimum absolute atomic E-state index is 0.347. The van der Waals surface area contributed by atoms with E-state index in [0.717, 1.165) is 6.42 Å². The molecule has 0 unspecified atom stereocenters. The van der Waals surface area contributed by atoms with Crippen molar-refractivity contribution in [2.24, 2.45) is 0 Å². The first-order valence-corrected chi connectivity index (χ1v) is 9.55. The van der Waals surface area contributed by atoms with E-state index in [-0.39, 0.29) is 0 Å². The summed E-state index contributed by atoms with van der Waals surface area (Å²) in [7, 11) is 0. The topological polar surface area (TPSA) is 20.2 Å². The fourth-order valence-electron chi connectivity index (χ4n) is 2.95. The van der Waals surface area contributed by atoms with Gasteiger partial charge in [0.25, 0.3) is 0 Å². The highest BCUT2D eigenvalue weighted by Crippen LogP contribution is 2.13. The summed E-state index contributed by atoms with van der Waals surface area (Å²) in [5.41, 5.74) is 2.98. The van der Waals surface area contributed by atoms with Crippen LogP contribution in [0.2, 0.25) is 0 Å². The second-order valence-corrected chi connectivity index (χ2v) is 6.58. The molecule has 1 aromatic rings. The van der Waals surface area contributed by atoms with Gasteiger partial charge in [-0.15, -0.1) is 0 Å². The molecule has 1 nitrogen and oxygen atoms in total. The molecule has 0 spiro atoms. The van der Waals surface area contributed by atoms with Crippen molar-refractivity contribution < 1.29 is 5.11 Å². The molecular formula is C21H36O. The van der Waals surface area contributed by atoms with Gasteiger partial charge in [0.05, 0.1) is 0 Å². The molecule has 0 aliphatic heterocycles. The minimum Gasteiger partial charge on any atom is -0.396 e. The third kappa shape index (κ3) is 10.00. The van der Waals surface area contributed by atoms with Gasteiger partial charge in [-0.1, -0.05) is 82.6 Å². The first-order valence-electron chi connectivity index (χ1n) is 9.55. The van der Waals surface area contributed by atoms with Gasteiger partial charge >= 0.3 is 0 Å². The van der Waals surface area contributed by atoms with E-state index in [2.05, 4.69) is 31.2 Å². The largest absolute Gasteiger partial charge is 0.396 e. The van der Waals surface area contributed by atoms with E-state index in [0.29, 0.717) is 6.61 Å². The van der Waals surface area contributed by atoms with E-state index >= 15 is 0 Å². The summed E-state index contributed by atoms with van der Waals surface area (Å²) < 4.78 is 0. The quantitative estimate of drug-likeness (QED) is 0.413. The molecule has 22 heavy (non-hydrogen) atoms. The Kier molecular flexibility index (Phi) is 12.1. The molecule has 0 fully saturated rings. The fourth-order valence-corrected chi connectivity index (χ4v) is 2.95. The van der Waals surface area contributed by atoms with Crippen LogP contribution in [-0.2, 0) is 12.8 Å². The van der Waals surface area contributed by atoms with Gasteiger partial charge in [0.15, 0.2) is 0 Å². The van der Waals surface area contributed by atoms with E-state index in [9.17, 15) is 0 Å². The lowest BCUT2D eigenvalue weighted by atomic mass is 10.0. The normalized spacial score (nSPS) is 11.0. The van der Waals surface area contributed by atoms with Crippen molar-refractivity contribution >= 4 is 0 Å². The molecule has 0 saturated heterocycles. The number of rotatable bonds is 14. The maximum absolute atomic E-state index is 8.74. The number of aliphatic hydroxyl groups is 1. The molecule has 1 aromatic carbocycles. The zero-order chi connectivity index (χ0) is 15.9. The van der Waals surface area contributed by atoms with Crippen LogP contribution in [0.1, 0.15) is 88.7 Å². The van der Waals surface area contributed by atoms with Crippen LogP contribution in [0.25, 0.3) is 0 Å².